The molecule has 0 aliphatic carbocycles. The molecule has 0 radical (unpaired) electrons. The first kappa shape index (κ1) is 16.0. The summed E-state index contributed by atoms with van der Waals surface area (Å²) in [7, 11) is 0. The minimum atomic E-state index is -1.22. The Kier molecular flexibility index (Phi) is 4.43. The van der Waals surface area contributed by atoms with Crippen LogP contribution in [0.3, 0.4) is 0 Å². The zero-order chi connectivity index (χ0) is 15.7. The number of carbonyl (C=O) groups is 2. The van der Waals surface area contributed by atoms with Crippen molar-refractivity contribution in [2.75, 3.05) is 26.3 Å². The van der Waals surface area contributed by atoms with Gasteiger partial charge >= 0.3 is 12.0 Å². The molecular formula is C14H24N2O5. The zero-order valence-corrected chi connectivity index (χ0v) is 12.8. The van der Waals surface area contributed by atoms with Crippen LogP contribution in [0.1, 0.15) is 33.6 Å². The van der Waals surface area contributed by atoms with Gasteiger partial charge in [-0.2, -0.15) is 0 Å². The molecule has 2 fully saturated rings. The Morgan fingerprint density at radius 3 is 2.43 bits per heavy atom. The van der Waals surface area contributed by atoms with Gasteiger partial charge in [0.05, 0.1) is 18.2 Å². The molecule has 21 heavy (non-hydrogen) atoms. The Bertz CT molecular complexity index is 418. The van der Waals surface area contributed by atoms with Gasteiger partial charge in [0, 0.05) is 32.6 Å². The van der Waals surface area contributed by atoms with Crippen molar-refractivity contribution in [3.63, 3.8) is 0 Å². The Hall–Kier alpha value is -1.34. The Labute approximate surface area is 124 Å². The number of nitrogens with zero attached hydrogens (tertiary/aromatic N) is 1. The Morgan fingerprint density at radius 2 is 1.90 bits per heavy atom. The molecule has 0 aromatic rings. The van der Waals surface area contributed by atoms with Crippen molar-refractivity contribution >= 4 is 12.0 Å². The van der Waals surface area contributed by atoms with Crippen LogP contribution in [0.5, 0.6) is 0 Å². The van der Waals surface area contributed by atoms with E-state index in [4.69, 9.17) is 9.47 Å². The number of urea groups is 1. The van der Waals surface area contributed by atoms with Crippen LogP contribution < -0.4 is 5.32 Å². The molecule has 2 aliphatic rings. The predicted molar refractivity (Wildman–Crippen MR) is 75.2 cm³/mol. The first-order valence-electron chi connectivity index (χ1n) is 7.30. The molecule has 2 saturated heterocycles. The van der Waals surface area contributed by atoms with E-state index in [9.17, 15) is 14.7 Å². The molecule has 0 spiro atoms. The average Bonchev–Trinajstić information content (AvgIpc) is 2.37. The molecule has 0 aromatic heterocycles. The van der Waals surface area contributed by atoms with Gasteiger partial charge in [-0.25, -0.2) is 9.59 Å². The summed E-state index contributed by atoms with van der Waals surface area (Å²) < 4.78 is 11.0. The summed E-state index contributed by atoms with van der Waals surface area (Å²) >= 11 is 0. The largest absolute Gasteiger partial charge is 0.480 e. The third kappa shape index (κ3) is 3.65. The fourth-order valence-corrected chi connectivity index (χ4v) is 3.00. The highest BCUT2D eigenvalue weighted by Gasteiger charge is 2.43. The lowest BCUT2D eigenvalue weighted by atomic mass is 9.90. The Balaban J connectivity index is 2.07. The van der Waals surface area contributed by atoms with E-state index in [-0.39, 0.29) is 25.0 Å². The van der Waals surface area contributed by atoms with Gasteiger partial charge in [0.15, 0.2) is 0 Å². The van der Waals surface area contributed by atoms with E-state index in [0.717, 1.165) is 0 Å². The molecule has 0 bridgehead atoms. The lowest BCUT2D eigenvalue weighted by molar-refractivity contribution is -0.149. The molecule has 2 heterocycles. The number of hydrogen-bond donors (Lipinski definition) is 2. The highest BCUT2D eigenvalue weighted by molar-refractivity contribution is 5.86. The maximum absolute atomic E-state index is 12.5. The molecule has 0 saturated carbocycles. The van der Waals surface area contributed by atoms with Crippen molar-refractivity contribution in [3.8, 4) is 0 Å². The normalized spacial score (nSPS) is 28.0. The van der Waals surface area contributed by atoms with E-state index < -0.39 is 17.1 Å². The molecule has 0 aromatic carbocycles. The number of aliphatic carboxylic acids is 1. The van der Waals surface area contributed by atoms with E-state index >= 15 is 0 Å². The zero-order valence-electron chi connectivity index (χ0n) is 12.8. The summed E-state index contributed by atoms with van der Waals surface area (Å²) in [5.41, 5.74) is -1.65. The second-order valence-corrected chi connectivity index (χ2v) is 6.50. The summed E-state index contributed by atoms with van der Waals surface area (Å²) in [6, 6.07) is -0.345. The van der Waals surface area contributed by atoms with Crippen LogP contribution in [-0.2, 0) is 14.3 Å². The number of ether oxygens (including phenoxy) is 2. The van der Waals surface area contributed by atoms with E-state index in [2.05, 4.69) is 5.32 Å². The van der Waals surface area contributed by atoms with Crippen LogP contribution >= 0.6 is 0 Å². The van der Waals surface area contributed by atoms with Gasteiger partial charge in [-0.15, -0.1) is 0 Å². The van der Waals surface area contributed by atoms with Crippen LogP contribution in [0.4, 0.5) is 4.79 Å². The summed E-state index contributed by atoms with van der Waals surface area (Å²) in [6.07, 6.45) is 0.504. The molecule has 7 heteroatoms. The van der Waals surface area contributed by atoms with E-state index in [1.807, 2.05) is 20.8 Å². The van der Waals surface area contributed by atoms with Crippen LogP contribution in [0.15, 0.2) is 0 Å². The lowest BCUT2D eigenvalue weighted by Crippen LogP contribution is -2.63. The second-order valence-electron chi connectivity index (χ2n) is 6.50. The third-order valence-corrected chi connectivity index (χ3v) is 3.96. The van der Waals surface area contributed by atoms with Crippen molar-refractivity contribution in [1.82, 2.24) is 10.2 Å². The van der Waals surface area contributed by atoms with E-state index in [1.165, 1.54) is 0 Å². The molecular weight excluding hydrogens is 276 g/mol. The van der Waals surface area contributed by atoms with Gasteiger partial charge in [-0.1, -0.05) is 0 Å². The van der Waals surface area contributed by atoms with Crippen molar-refractivity contribution in [1.29, 1.82) is 0 Å². The van der Waals surface area contributed by atoms with Gasteiger partial charge in [-0.05, 0) is 20.8 Å². The number of carboxylic acid groups (broad SMARTS) is 1. The van der Waals surface area contributed by atoms with Crippen LogP contribution in [0.25, 0.3) is 0 Å². The molecule has 120 valence electrons. The molecule has 7 nitrogen and oxygen atoms in total. The molecule has 2 aliphatic heterocycles. The van der Waals surface area contributed by atoms with Crippen LogP contribution in [-0.4, -0.2) is 65.6 Å². The first-order valence-corrected chi connectivity index (χ1v) is 7.30. The van der Waals surface area contributed by atoms with Crippen molar-refractivity contribution < 1.29 is 24.2 Å². The highest BCUT2D eigenvalue weighted by atomic mass is 16.5. The Morgan fingerprint density at radius 1 is 1.29 bits per heavy atom. The maximum Gasteiger partial charge on any atom is 0.329 e. The fraction of sp³-hybridized carbons (Fsp3) is 0.857. The standard InChI is InChI=1S/C14H24N2O5/c1-10-8-16(9-13(2,3)21-10)12(19)15-14(11(17)18)4-6-20-7-5-14/h10H,4-9H2,1-3H3,(H,15,19)(H,17,18). The smallest absolute Gasteiger partial charge is 0.329 e. The topological polar surface area (TPSA) is 88.1 Å². The summed E-state index contributed by atoms with van der Waals surface area (Å²) in [5.74, 6) is -1.00. The molecule has 2 N–H and O–H groups in total. The maximum atomic E-state index is 12.5. The first-order chi connectivity index (χ1) is 9.74. The van der Waals surface area contributed by atoms with Crippen molar-refractivity contribution in [2.45, 2.75) is 50.9 Å². The van der Waals surface area contributed by atoms with Gasteiger partial charge < -0.3 is 24.8 Å². The number of carbonyl (C=O) groups excluding carboxylic acids is 1. The number of carboxylic acids is 1. The van der Waals surface area contributed by atoms with E-state index in [1.54, 1.807) is 4.90 Å². The second kappa shape index (κ2) is 5.81. The number of nitrogens with one attached hydrogen (secondary N) is 1. The van der Waals surface area contributed by atoms with Gasteiger partial charge in [-0.3, -0.25) is 0 Å². The highest BCUT2D eigenvalue weighted by Crippen LogP contribution is 2.24. The van der Waals surface area contributed by atoms with Crippen LogP contribution in [0, 0.1) is 0 Å². The minimum Gasteiger partial charge on any atom is -0.480 e. The van der Waals surface area contributed by atoms with Gasteiger partial charge in [0.1, 0.15) is 5.54 Å². The predicted octanol–water partition coefficient (Wildman–Crippen LogP) is 0.829. The number of rotatable bonds is 2. The summed E-state index contributed by atoms with van der Waals surface area (Å²) in [5, 5.41) is 12.2. The number of amides is 2. The quantitative estimate of drug-likeness (QED) is 0.788. The van der Waals surface area contributed by atoms with Crippen molar-refractivity contribution in [2.24, 2.45) is 0 Å². The molecule has 2 amide bonds. The third-order valence-electron chi connectivity index (χ3n) is 3.96. The van der Waals surface area contributed by atoms with E-state index in [0.29, 0.717) is 26.3 Å². The van der Waals surface area contributed by atoms with Gasteiger partial charge in [0.2, 0.25) is 0 Å². The fourth-order valence-electron chi connectivity index (χ4n) is 3.00. The number of hydrogen-bond acceptors (Lipinski definition) is 4. The monoisotopic (exact) mass is 300 g/mol. The van der Waals surface area contributed by atoms with Crippen molar-refractivity contribution in [3.05, 3.63) is 0 Å². The van der Waals surface area contributed by atoms with Crippen LogP contribution in [0.2, 0.25) is 0 Å². The average molecular weight is 300 g/mol. The number of morpholine rings is 1. The SMILES string of the molecule is CC1CN(C(=O)NC2(C(=O)O)CCOCC2)CC(C)(C)O1. The minimum absolute atomic E-state index is 0.0741. The summed E-state index contributed by atoms with van der Waals surface area (Å²) in [4.78, 5) is 25.7. The molecule has 1 unspecified atom stereocenters. The lowest BCUT2D eigenvalue weighted by Gasteiger charge is -2.43. The molecule has 1 atom stereocenters. The van der Waals surface area contributed by atoms with Gasteiger partial charge in [0.25, 0.3) is 0 Å². The summed E-state index contributed by atoms with van der Waals surface area (Å²) in [6.45, 7) is 7.34. The molecule has 2 rings (SSSR count).